The zero-order chi connectivity index (χ0) is 8.55. The number of hydrogen-bond donors (Lipinski definition) is 1. The summed E-state index contributed by atoms with van der Waals surface area (Å²) in [6.45, 7) is 0. The largest absolute Gasteiger partial charge is 0.507 e. The van der Waals surface area contributed by atoms with Gasteiger partial charge in [-0.1, -0.05) is 0 Å². The first-order chi connectivity index (χ1) is 5.79. The number of nitrogens with zero attached hydrogens (tertiary/aromatic N) is 1. The van der Waals surface area contributed by atoms with Gasteiger partial charge in [-0.15, -0.1) is 0 Å². The monoisotopic (exact) mass is 163 g/mol. The van der Waals surface area contributed by atoms with Crippen LogP contribution in [0.4, 0.5) is 4.39 Å². The van der Waals surface area contributed by atoms with Crippen LogP contribution in [0.3, 0.4) is 0 Å². The van der Waals surface area contributed by atoms with Crippen molar-refractivity contribution in [3.05, 3.63) is 36.4 Å². The number of fused-ring (bicyclic) bond motifs is 1. The molecule has 3 heteroatoms. The highest BCUT2D eigenvalue weighted by Gasteiger charge is 2.02. The summed E-state index contributed by atoms with van der Waals surface area (Å²) >= 11 is 0. The topological polar surface area (TPSA) is 33.1 Å². The van der Waals surface area contributed by atoms with Gasteiger partial charge < -0.3 is 5.11 Å². The van der Waals surface area contributed by atoms with Crippen LogP contribution in [0, 0.1) is 5.82 Å². The van der Waals surface area contributed by atoms with Crippen LogP contribution in [0.15, 0.2) is 30.6 Å². The van der Waals surface area contributed by atoms with Crippen molar-refractivity contribution in [2.45, 2.75) is 0 Å². The molecule has 2 nitrogen and oxygen atoms in total. The molecule has 0 aliphatic rings. The van der Waals surface area contributed by atoms with Gasteiger partial charge in [0.15, 0.2) is 0 Å². The van der Waals surface area contributed by atoms with E-state index in [0.717, 1.165) is 0 Å². The van der Waals surface area contributed by atoms with Crippen LogP contribution in [0.25, 0.3) is 10.8 Å². The van der Waals surface area contributed by atoms with Gasteiger partial charge >= 0.3 is 0 Å². The molecule has 0 spiro atoms. The van der Waals surface area contributed by atoms with Crippen LogP contribution < -0.4 is 0 Å². The number of hydrogen-bond acceptors (Lipinski definition) is 2. The molecule has 1 aromatic carbocycles. The molecule has 2 rings (SSSR count). The van der Waals surface area contributed by atoms with E-state index in [9.17, 15) is 9.50 Å². The third-order valence-electron chi connectivity index (χ3n) is 1.74. The Balaban J connectivity index is 2.95. The highest BCUT2D eigenvalue weighted by Crippen LogP contribution is 2.25. The average Bonchev–Trinajstić information content (AvgIpc) is 2.12. The SMILES string of the molecule is Oc1ccc(F)c2ccncc12. The molecule has 0 aliphatic heterocycles. The van der Waals surface area contributed by atoms with E-state index in [-0.39, 0.29) is 11.6 Å². The Kier molecular flexibility index (Phi) is 1.43. The maximum atomic E-state index is 13.0. The standard InChI is InChI=1S/C9H6FNO/c10-8-1-2-9(12)7-5-11-4-3-6(7)8/h1-5,12H. The maximum absolute atomic E-state index is 13.0. The van der Waals surface area contributed by atoms with Crippen LogP contribution in [0.2, 0.25) is 0 Å². The predicted octanol–water partition coefficient (Wildman–Crippen LogP) is 2.08. The van der Waals surface area contributed by atoms with Gasteiger partial charge in [-0.2, -0.15) is 0 Å². The van der Waals surface area contributed by atoms with Gasteiger partial charge in [-0.3, -0.25) is 4.98 Å². The molecule has 1 N–H and O–H groups in total. The van der Waals surface area contributed by atoms with Gasteiger partial charge in [0.25, 0.3) is 0 Å². The van der Waals surface area contributed by atoms with Crippen molar-refractivity contribution >= 4 is 10.8 Å². The summed E-state index contributed by atoms with van der Waals surface area (Å²) < 4.78 is 13.0. The molecule has 12 heavy (non-hydrogen) atoms. The van der Waals surface area contributed by atoms with Gasteiger partial charge in [0.2, 0.25) is 0 Å². The number of halogens is 1. The van der Waals surface area contributed by atoms with Gasteiger partial charge in [0.05, 0.1) is 0 Å². The molecule has 0 aliphatic carbocycles. The lowest BCUT2D eigenvalue weighted by Crippen LogP contribution is -1.80. The first-order valence-electron chi connectivity index (χ1n) is 3.50. The molecule has 60 valence electrons. The summed E-state index contributed by atoms with van der Waals surface area (Å²) in [5.74, 6) is -0.287. The summed E-state index contributed by atoms with van der Waals surface area (Å²) in [4.78, 5) is 3.79. The minimum atomic E-state index is -0.342. The Hall–Kier alpha value is -1.64. The van der Waals surface area contributed by atoms with E-state index in [1.54, 1.807) is 0 Å². The minimum absolute atomic E-state index is 0.0551. The highest BCUT2D eigenvalue weighted by atomic mass is 19.1. The Morgan fingerprint density at radius 3 is 2.75 bits per heavy atom. The number of benzene rings is 1. The molecule has 1 aromatic heterocycles. The van der Waals surface area contributed by atoms with Gasteiger partial charge in [0, 0.05) is 23.2 Å². The second-order valence-corrected chi connectivity index (χ2v) is 2.49. The molecule has 1 heterocycles. The fraction of sp³-hybridized carbons (Fsp3) is 0. The number of phenols is 1. The molecule has 0 saturated heterocycles. The van der Waals surface area contributed by atoms with Crippen molar-refractivity contribution in [1.82, 2.24) is 4.98 Å². The van der Waals surface area contributed by atoms with Crippen molar-refractivity contribution in [2.24, 2.45) is 0 Å². The van der Waals surface area contributed by atoms with Crippen molar-refractivity contribution < 1.29 is 9.50 Å². The van der Waals surface area contributed by atoms with E-state index in [2.05, 4.69) is 4.98 Å². The van der Waals surface area contributed by atoms with Crippen molar-refractivity contribution in [1.29, 1.82) is 0 Å². The smallest absolute Gasteiger partial charge is 0.131 e. The third kappa shape index (κ3) is 0.906. The summed E-state index contributed by atoms with van der Waals surface area (Å²) in [5.41, 5.74) is 0. The molecule has 0 bridgehead atoms. The van der Waals surface area contributed by atoms with Crippen molar-refractivity contribution in [3.8, 4) is 5.75 Å². The Morgan fingerprint density at radius 1 is 1.17 bits per heavy atom. The lowest BCUT2D eigenvalue weighted by Gasteiger charge is -1.99. The van der Waals surface area contributed by atoms with Crippen LogP contribution in [-0.2, 0) is 0 Å². The van der Waals surface area contributed by atoms with Gasteiger partial charge in [0.1, 0.15) is 11.6 Å². The number of aromatic hydroxyl groups is 1. The van der Waals surface area contributed by atoms with E-state index in [4.69, 9.17) is 0 Å². The molecular weight excluding hydrogens is 157 g/mol. The number of phenolic OH excluding ortho intramolecular Hbond substituents is 1. The van der Waals surface area contributed by atoms with Crippen molar-refractivity contribution in [3.63, 3.8) is 0 Å². The molecule has 0 fully saturated rings. The summed E-state index contributed by atoms with van der Waals surface area (Å²) in [6, 6.07) is 4.08. The van der Waals surface area contributed by atoms with Crippen LogP contribution >= 0.6 is 0 Å². The van der Waals surface area contributed by atoms with E-state index in [1.807, 2.05) is 0 Å². The summed E-state index contributed by atoms with van der Waals surface area (Å²) in [6.07, 6.45) is 2.93. The predicted molar refractivity (Wildman–Crippen MR) is 43.4 cm³/mol. The van der Waals surface area contributed by atoms with Gasteiger partial charge in [-0.25, -0.2) is 4.39 Å². The Morgan fingerprint density at radius 2 is 2.00 bits per heavy atom. The van der Waals surface area contributed by atoms with Crippen LogP contribution in [0.5, 0.6) is 5.75 Å². The minimum Gasteiger partial charge on any atom is -0.507 e. The second kappa shape index (κ2) is 2.44. The fourth-order valence-electron chi connectivity index (χ4n) is 1.14. The van der Waals surface area contributed by atoms with E-state index in [0.29, 0.717) is 10.8 Å². The number of aromatic nitrogens is 1. The molecule has 2 aromatic rings. The molecule has 0 radical (unpaired) electrons. The third-order valence-corrected chi connectivity index (χ3v) is 1.74. The Labute approximate surface area is 68.3 Å². The molecule has 0 amide bonds. The van der Waals surface area contributed by atoms with Crippen LogP contribution in [0.1, 0.15) is 0 Å². The Bertz CT molecular complexity index is 387. The summed E-state index contributed by atoms with van der Waals surface area (Å²) in [7, 11) is 0. The molecule has 0 atom stereocenters. The second-order valence-electron chi connectivity index (χ2n) is 2.49. The quantitative estimate of drug-likeness (QED) is 0.645. The van der Waals surface area contributed by atoms with E-state index < -0.39 is 0 Å². The summed E-state index contributed by atoms with van der Waals surface area (Å²) in [5, 5.41) is 10.1. The normalized spacial score (nSPS) is 10.4. The lowest BCUT2D eigenvalue weighted by molar-refractivity contribution is 0.480. The first-order valence-corrected chi connectivity index (χ1v) is 3.50. The zero-order valence-electron chi connectivity index (χ0n) is 6.16. The average molecular weight is 163 g/mol. The van der Waals surface area contributed by atoms with E-state index in [1.165, 1.54) is 30.6 Å². The first kappa shape index (κ1) is 7.03. The molecular formula is C9H6FNO. The lowest BCUT2D eigenvalue weighted by atomic mass is 10.1. The van der Waals surface area contributed by atoms with Crippen molar-refractivity contribution in [2.75, 3.05) is 0 Å². The zero-order valence-corrected chi connectivity index (χ0v) is 6.16. The highest BCUT2D eigenvalue weighted by molar-refractivity contribution is 5.87. The fourth-order valence-corrected chi connectivity index (χ4v) is 1.14. The van der Waals surface area contributed by atoms with E-state index >= 15 is 0 Å². The number of pyridine rings is 1. The molecule has 0 saturated carbocycles. The van der Waals surface area contributed by atoms with Gasteiger partial charge in [-0.05, 0) is 18.2 Å². The molecule has 0 unspecified atom stereocenters. The van der Waals surface area contributed by atoms with Crippen LogP contribution in [-0.4, -0.2) is 10.1 Å². The maximum Gasteiger partial charge on any atom is 0.131 e. The number of rotatable bonds is 0.